The Morgan fingerprint density at radius 3 is 2.22 bits per heavy atom. The van der Waals surface area contributed by atoms with Gasteiger partial charge in [0.1, 0.15) is 5.69 Å². The van der Waals surface area contributed by atoms with Crippen LogP contribution in [0.4, 0.5) is 11.4 Å². The number of piperidine rings is 1. The molecule has 11 heteroatoms. The summed E-state index contributed by atoms with van der Waals surface area (Å²) in [6, 6.07) is 11.6. The topological polar surface area (TPSA) is 127 Å². The third-order valence-corrected chi connectivity index (χ3v) is 8.99. The highest BCUT2D eigenvalue weighted by Crippen LogP contribution is 2.31. The van der Waals surface area contributed by atoms with Crippen molar-refractivity contribution >= 4 is 31.2 Å². The Hall–Kier alpha value is -2.50. The molecule has 0 aliphatic carbocycles. The van der Waals surface area contributed by atoms with Crippen molar-refractivity contribution in [2.75, 3.05) is 30.7 Å². The Bertz CT molecular complexity index is 1170. The van der Waals surface area contributed by atoms with Gasteiger partial charge in [0.05, 0.1) is 20.5 Å². The van der Waals surface area contributed by atoms with E-state index < -0.39 is 30.5 Å². The minimum absolute atomic E-state index is 0.0642. The van der Waals surface area contributed by atoms with E-state index in [2.05, 4.69) is 5.32 Å². The molecule has 174 valence electrons. The SMILES string of the molecule is C[C@H]1C[C@H](C)CN(S(=O)(=O)c2ccc(NCCS(=O)(=O)c3ccccc3)c([N+](=O)[O-])c2)C1. The van der Waals surface area contributed by atoms with Crippen molar-refractivity contribution in [2.24, 2.45) is 11.8 Å². The molecule has 2 aromatic carbocycles. The summed E-state index contributed by atoms with van der Waals surface area (Å²) in [6.07, 6.45) is 0.931. The van der Waals surface area contributed by atoms with Crippen LogP contribution in [0, 0.1) is 22.0 Å². The van der Waals surface area contributed by atoms with Crippen LogP contribution >= 0.6 is 0 Å². The molecule has 1 aliphatic heterocycles. The fourth-order valence-corrected chi connectivity index (χ4v) is 6.87. The molecule has 0 bridgehead atoms. The van der Waals surface area contributed by atoms with E-state index in [1.807, 2.05) is 13.8 Å². The fraction of sp³-hybridized carbons (Fsp3) is 0.429. The Morgan fingerprint density at radius 2 is 1.62 bits per heavy atom. The first-order valence-electron chi connectivity index (χ1n) is 10.3. The number of benzene rings is 2. The molecule has 2 atom stereocenters. The van der Waals surface area contributed by atoms with E-state index in [9.17, 15) is 26.9 Å². The molecule has 1 N–H and O–H groups in total. The van der Waals surface area contributed by atoms with Crippen molar-refractivity contribution in [1.82, 2.24) is 4.31 Å². The number of nitrogens with zero attached hydrogens (tertiary/aromatic N) is 2. The smallest absolute Gasteiger partial charge is 0.293 e. The van der Waals surface area contributed by atoms with Crippen LogP contribution in [0.25, 0.3) is 0 Å². The van der Waals surface area contributed by atoms with Gasteiger partial charge in [-0.05, 0) is 42.5 Å². The Kier molecular flexibility index (Phi) is 7.21. The quantitative estimate of drug-likeness (QED) is 0.453. The van der Waals surface area contributed by atoms with E-state index in [0.717, 1.165) is 12.5 Å². The van der Waals surface area contributed by atoms with Gasteiger partial charge in [0.2, 0.25) is 10.0 Å². The lowest BCUT2D eigenvalue weighted by atomic mass is 9.94. The second-order valence-corrected chi connectivity index (χ2v) is 12.3. The molecule has 0 spiro atoms. The number of nitro groups is 1. The summed E-state index contributed by atoms with van der Waals surface area (Å²) in [5.41, 5.74) is -0.348. The lowest BCUT2D eigenvalue weighted by molar-refractivity contribution is -0.384. The maximum atomic E-state index is 13.1. The van der Waals surface area contributed by atoms with Crippen molar-refractivity contribution in [3.05, 3.63) is 58.6 Å². The molecular formula is C21H27N3O6S2. The summed E-state index contributed by atoms with van der Waals surface area (Å²) >= 11 is 0. The molecule has 3 rings (SSSR count). The summed E-state index contributed by atoms with van der Waals surface area (Å²) in [6.45, 7) is 4.65. The molecule has 2 aromatic rings. The predicted molar refractivity (Wildman–Crippen MR) is 122 cm³/mol. The van der Waals surface area contributed by atoms with E-state index in [0.29, 0.717) is 13.1 Å². The molecule has 0 radical (unpaired) electrons. The standard InChI is InChI=1S/C21H27N3O6S2/c1-16-12-17(2)15-23(14-16)32(29,30)19-8-9-20(21(13-19)24(25)26)22-10-11-31(27,28)18-6-4-3-5-7-18/h3-9,13,16-17,22H,10-12,14-15H2,1-2H3/t16-,17-/m0/s1. The Morgan fingerprint density at radius 1 is 1.00 bits per heavy atom. The molecule has 1 heterocycles. The summed E-state index contributed by atoms with van der Waals surface area (Å²) in [5, 5.41) is 14.4. The second kappa shape index (κ2) is 9.55. The van der Waals surface area contributed by atoms with Crippen molar-refractivity contribution in [3.8, 4) is 0 Å². The number of nitrogens with one attached hydrogen (secondary N) is 1. The number of nitro benzene ring substituents is 1. The zero-order valence-corrected chi connectivity index (χ0v) is 19.6. The van der Waals surface area contributed by atoms with Crippen molar-refractivity contribution in [2.45, 2.75) is 30.1 Å². The van der Waals surface area contributed by atoms with Crippen LogP contribution in [0.5, 0.6) is 0 Å². The average molecular weight is 482 g/mol. The maximum absolute atomic E-state index is 13.1. The highest BCUT2D eigenvalue weighted by Gasteiger charge is 2.33. The normalized spacial score (nSPS) is 20.1. The minimum Gasteiger partial charge on any atom is -0.378 e. The van der Waals surface area contributed by atoms with Crippen molar-refractivity contribution < 1.29 is 21.8 Å². The summed E-state index contributed by atoms with van der Waals surface area (Å²) in [4.78, 5) is 11.0. The largest absolute Gasteiger partial charge is 0.378 e. The number of rotatable bonds is 8. The lowest BCUT2D eigenvalue weighted by Crippen LogP contribution is -2.42. The molecular weight excluding hydrogens is 454 g/mol. The van der Waals surface area contributed by atoms with Crippen LogP contribution in [0.15, 0.2) is 58.3 Å². The summed E-state index contributed by atoms with van der Waals surface area (Å²) in [5.74, 6) is 0.143. The first-order chi connectivity index (χ1) is 15.0. The van der Waals surface area contributed by atoms with Gasteiger partial charge < -0.3 is 5.32 Å². The van der Waals surface area contributed by atoms with Crippen LogP contribution in [0.2, 0.25) is 0 Å². The molecule has 9 nitrogen and oxygen atoms in total. The number of sulfonamides is 1. The van der Waals surface area contributed by atoms with Crippen molar-refractivity contribution in [3.63, 3.8) is 0 Å². The van der Waals surface area contributed by atoms with Crippen LogP contribution in [-0.4, -0.2) is 51.5 Å². The van der Waals surface area contributed by atoms with Gasteiger partial charge in [0.25, 0.3) is 5.69 Å². The van der Waals surface area contributed by atoms with E-state index in [1.54, 1.807) is 18.2 Å². The van der Waals surface area contributed by atoms with E-state index in [4.69, 9.17) is 0 Å². The van der Waals surface area contributed by atoms with Crippen molar-refractivity contribution in [1.29, 1.82) is 0 Å². The number of anilines is 1. The van der Waals surface area contributed by atoms with Crippen LogP contribution < -0.4 is 5.32 Å². The Labute approximate surface area is 188 Å². The van der Waals surface area contributed by atoms with Crippen LogP contribution in [-0.2, 0) is 19.9 Å². The first-order valence-corrected chi connectivity index (χ1v) is 13.4. The third kappa shape index (κ3) is 5.45. The molecule has 0 saturated carbocycles. The average Bonchev–Trinajstić information content (AvgIpc) is 2.73. The zero-order chi connectivity index (χ0) is 23.5. The van der Waals surface area contributed by atoms with Gasteiger partial charge in [0, 0.05) is 25.7 Å². The molecule has 0 aromatic heterocycles. The molecule has 1 aliphatic rings. The van der Waals surface area contributed by atoms with Gasteiger partial charge in [0.15, 0.2) is 9.84 Å². The number of sulfone groups is 1. The fourth-order valence-electron chi connectivity index (χ4n) is 3.99. The van der Waals surface area contributed by atoms with E-state index in [-0.39, 0.29) is 39.6 Å². The van der Waals surface area contributed by atoms with Gasteiger partial charge in [-0.25, -0.2) is 16.8 Å². The van der Waals surface area contributed by atoms with Gasteiger partial charge in [-0.2, -0.15) is 4.31 Å². The molecule has 0 amide bonds. The monoisotopic (exact) mass is 481 g/mol. The summed E-state index contributed by atoms with van der Waals surface area (Å²) in [7, 11) is -7.43. The van der Waals surface area contributed by atoms with E-state index in [1.165, 1.54) is 28.6 Å². The van der Waals surface area contributed by atoms with Gasteiger partial charge in [-0.1, -0.05) is 32.0 Å². The van der Waals surface area contributed by atoms with Gasteiger partial charge in [-0.15, -0.1) is 0 Å². The van der Waals surface area contributed by atoms with Gasteiger partial charge >= 0.3 is 0 Å². The van der Waals surface area contributed by atoms with Crippen LogP contribution in [0.3, 0.4) is 0 Å². The number of hydrogen-bond acceptors (Lipinski definition) is 7. The second-order valence-electron chi connectivity index (χ2n) is 8.26. The van der Waals surface area contributed by atoms with Gasteiger partial charge in [-0.3, -0.25) is 10.1 Å². The third-order valence-electron chi connectivity index (χ3n) is 5.43. The lowest BCUT2D eigenvalue weighted by Gasteiger charge is -2.34. The molecule has 1 fully saturated rings. The Balaban J connectivity index is 1.78. The number of hydrogen-bond donors (Lipinski definition) is 1. The predicted octanol–water partition coefficient (Wildman–Crippen LogP) is 3.15. The summed E-state index contributed by atoms with van der Waals surface area (Å²) < 4.78 is 52.3. The van der Waals surface area contributed by atoms with E-state index >= 15 is 0 Å². The molecule has 32 heavy (non-hydrogen) atoms. The highest BCUT2D eigenvalue weighted by atomic mass is 32.2. The zero-order valence-electron chi connectivity index (χ0n) is 18.0. The first kappa shape index (κ1) is 24.1. The molecule has 0 unspecified atom stereocenters. The highest BCUT2D eigenvalue weighted by molar-refractivity contribution is 7.91. The molecule has 1 saturated heterocycles. The van der Waals surface area contributed by atoms with Crippen LogP contribution in [0.1, 0.15) is 20.3 Å². The minimum atomic E-state index is -3.88. The maximum Gasteiger partial charge on any atom is 0.293 e.